The van der Waals surface area contributed by atoms with Gasteiger partial charge in [0.1, 0.15) is 5.76 Å². The molecule has 2 N–H and O–H groups in total. The zero-order chi connectivity index (χ0) is 13.3. The molecular weight excluding hydrogens is 300 g/mol. The molecule has 18 heavy (non-hydrogen) atoms. The van der Waals surface area contributed by atoms with Crippen LogP contribution in [0.1, 0.15) is 12.7 Å². The predicted molar refractivity (Wildman–Crippen MR) is 69.8 cm³/mol. The summed E-state index contributed by atoms with van der Waals surface area (Å²) in [6.07, 6.45) is 0. The van der Waals surface area contributed by atoms with Crippen molar-refractivity contribution in [2.75, 3.05) is 20.3 Å². The van der Waals surface area contributed by atoms with E-state index in [0.717, 1.165) is 5.76 Å². The fraction of sp³-hybridized carbons (Fsp3) is 0.583. The van der Waals surface area contributed by atoms with E-state index >= 15 is 0 Å². The van der Waals surface area contributed by atoms with Gasteiger partial charge >= 0.3 is 0 Å². The summed E-state index contributed by atoms with van der Waals surface area (Å²) >= 11 is 3.24. The number of hydrogen-bond acceptors (Lipinski definition) is 4. The van der Waals surface area contributed by atoms with Crippen molar-refractivity contribution in [2.24, 2.45) is 11.1 Å². The van der Waals surface area contributed by atoms with Crippen LogP contribution in [0.5, 0.6) is 0 Å². The van der Waals surface area contributed by atoms with Gasteiger partial charge in [-0.15, -0.1) is 0 Å². The van der Waals surface area contributed by atoms with Crippen LogP contribution in [0.15, 0.2) is 21.2 Å². The fourth-order valence-corrected chi connectivity index (χ4v) is 2.43. The SMILES string of the molecule is CN(Cc1ccc(Br)o1)C(=O)C1(C)COCC1N. The number of hydrogen-bond donors (Lipinski definition) is 1. The molecule has 0 aromatic carbocycles. The van der Waals surface area contributed by atoms with Crippen LogP contribution in [0.3, 0.4) is 0 Å². The zero-order valence-electron chi connectivity index (χ0n) is 10.5. The fourth-order valence-electron chi connectivity index (χ4n) is 2.09. The largest absolute Gasteiger partial charge is 0.452 e. The van der Waals surface area contributed by atoms with Gasteiger partial charge in [0, 0.05) is 13.1 Å². The molecule has 6 heteroatoms. The quantitative estimate of drug-likeness (QED) is 0.914. The second kappa shape index (κ2) is 5.03. The lowest BCUT2D eigenvalue weighted by Gasteiger charge is -2.30. The Labute approximate surface area is 114 Å². The summed E-state index contributed by atoms with van der Waals surface area (Å²) in [5.41, 5.74) is 5.31. The van der Waals surface area contributed by atoms with Gasteiger partial charge in [-0.3, -0.25) is 4.79 Å². The van der Waals surface area contributed by atoms with Crippen LogP contribution in [0, 0.1) is 5.41 Å². The maximum absolute atomic E-state index is 12.4. The number of ether oxygens (including phenoxy) is 1. The minimum absolute atomic E-state index is 0.0139. The van der Waals surface area contributed by atoms with E-state index in [1.54, 1.807) is 18.0 Å². The molecule has 1 aromatic rings. The van der Waals surface area contributed by atoms with Gasteiger partial charge in [-0.2, -0.15) is 0 Å². The molecule has 1 amide bonds. The van der Waals surface area contributed by atoms with Gasteiger partial charge < -0.3 is 19.8 Å². The maximum Gasteiger partial charge on any atom is 0.232 e. The summed E-state index contributed by atoms with van der Waals surface area (Å²) in [4.78, 5) is 14.0. The van der Waals surface area contributed by atoms with Gasteiger partial charge in [0.05, 0.1) is 25.2 Å². The Hall–Kier alpha value is -0.850. The van der Waals surface area contributed by atoms with Crippen LogP contribution in [-0.4, -0.2) is 37.1 Å². The first kappa shape index (κ1) is 13.6. The minimum Gasteiger partial charge on any atom is -0.452 e. The normalized spacial score (nSPS) is 27.4. The minimum atomic E-state index is -0.640. The van der Waals surface area contributed by atoms with Crippen molar-refractivity contribution in [1.29, 1.82) is 0 Å². The van der Waals surface area contributed by atoms with E-state index in [1.165, 1.54) is 0 Å². The van der Waals surface area contributed by atoms with Crippen LogP contribution in [0.25, 0.3) is 0 Å². The number of carbonyl (C=O) groups excluding carboxylic acids is 1. The first-order valence-electron chi connectivity index (χ1n) is 5.76. The number of nitrogens with zero attached hydrogens (tertiary/aromatic N) is 1. The van der Waals surface area contributed by atoms with E-state index in [2.05, 4.69) is 15.9 Å². The van der Waals surface area contributed by atoms with E-state index in [1.807, 2.05) is 13.0 Å². The van der Waals surface area contributed by atoms with Gasteiger partial charge in [0.2, 0.25) is 5.91 Å². The van der Waals surface area contributed by atoms with Gasteiger partial charge in [-0.05, 0) is 35.0 Å². The van der Waals surface area contributed by atoms with E-state index in [0.29, 0.717) is 24.4 Å². The predicted octanol–water partition coefficient (Wildman–Crippen LogP) is 1.36. The summed E-state index contributed by atoms with van der Waals surface area (Å²) in [7, 11) is 1.75. The molecular formula is C12H17BrN2O3. The Morgan fingerprint density at radius 3 is 2.89 bits per heavy atom. The lowest BCUT2D eigenvalue weighted by atomic mass is 9.84. The molecule has 100 valence electrons. The molecule has 1 aromatic heterocycles. The number of halogens is 1. The molecule has 0 saturated carbocycles. The zero-order valence-corrected chi connectivity index (χ0v) is 12.1. The molecule has 1 aliphatic rings. The highest BCUT2D eigenvalue weighted by atomic mass is 79.9. The van der Waals surface area contributed by atoms with Crippen molar-refractivity contribution in [3.05, 3.63) is 22.6 Å². The lowest BCUT2D eigenvalue weighted by Crippen LogP contribution is -2.50. The van der Waals surface area contributed by atoms with E-state index in [4.69, 9.17) is 14.9 Å². The Bertz CT molecular complexity index is 448. The number of amides is 1. The molecule has 0 bridgehead atoms. The second-order valence-electron chi connectivity index (χ2n) is 4.91. The molecule has 2 atom stereocenters. The highest BCUT2D eigenvalue weighted by molar-refractivity contribution is 9.10. The Morgan fingerprint density at radius 2 is 2.39 bits per heavy atom. The maximum atomic E-state index is 12.4. The van der Waals surface area contributed by atoms with Gasteiger partial charge in [-0.25, -0.2) is 0 Å². The Morgan fingerprint density at radius 1 is 1.67 bits per heavy atom. The molecule has 2 heterocycles. The number of carbonyl (C=O) groups is 1. The third-order valence-corrected chi connectivity index (χ3v) is 3.80. The highest BCUT2D eigenvalue weighted by Gasteiger charge is 2.45. The number of nitrogens with two attached hydrogens (primary N) is 1. The van der Waals surface area contributed by atoms with E-state index < -0.39 is 5.41 Å². The molecule has 2 unspecified atom stereocenters. The standard InChI is InChI=1S/C12H17BrN2O3/c1-12(7-17-6-9(12)14)11(16)15(2)5-8-3-4-10(13)18-8/h3-4,9H,5-7,14H2,1-2H3. The average Bonchev–Trinajstić information content (AvgIpc) is 2.86. The molecule has 0 aliphatic carbocycles. The smallest absolute Gasteiger partial charge is 0.232 e. The average molecular weight is 317 g/mol. The van der Waals surface area contributed by atoms with Crippen molar-refractivity contribution in [3.8, 4) is 0 Å². The van der Waals surface area contributed by atoms with Crippen molar-refractivity contribution in [1.82, 2.24) is 4.90 Å². The van der Waals surface area contributed by atoms with Crippen LogP contribution in [-0.2, 0) is 16.1 Å². The molecule has 5 nitrogen and oxygen atoms in total. The lowest BCUT2D eigenvalue weighted by molar-refractivity contribution is -0.141. The van der Waals surface area contributed by atoms with E-state index in [-0.39, 0.29) is 11.9 Å². The van der Waals surface area contributed by atoms with Crippen LogP contribution in [0.2, 0.25) is 0 Å². The molecule has 1 fully saturated rings. The number of rotatable bonds is 3. The first-order valence-corrected chi connectivity index (χ1v) is 6.56. The van der Waals surface area contributed by atoms with Gasteiger partial charge in [0.25, 0.3) is 0 Å². The van der Waals surface area contributed by atoms with Gasteiger partial charge in [0.15, 0.2) is 4.67 Å². The third kappa shape index (κ3) is 2.46. The summed E-state index contributed by atoms with van der Waals surface area (Å²) in [6.45, 7) is 3.08. The van der Waals surface area contributed by atoms with Crippen LogP contribution >= 0.6 is 15.9 Å². The van der Waals surface area contributed by atoms with Crippen LogP contribution < -0.4 is 5.73 Å². The highest BCUT2D eigenvalue weighted by Crippen LogP contribution is 2.29. The second-order valence-corrected chi connectivity index (χ2v) is 5.69. The Balaban J connectivity index is 2.05. The molecule has 2 rings (SSSR count). The summed E-state index contributed by atoms with van der Waals surface area (Å²) in [5.74, 6) is 0.717. The monoisotopic (exact) mass is 316 g/mol. The Kier molecular flexibility index (Phi) is 3.79. The van der Waals surface area contributed by atoms with E-state index in [9.17, 15) is 4.79 Å². The first-order chi connectivity index (χ1) is 8.43. The summed E-state index contributed by atoms with van der Waals surface area (Å²) < 4.78 is 11.3. The van der Waals surface area contributed by atoms with Crippen molar-refractivity contribution < 1.29 is 13.9 Å². The third-order valence-electron chi connectivity index (χ3n) is 3.37. The molecule has 1 aliphatic heterocycles. The summed E-state index contributed by atoms with van der Waals surface area (Å²) in [5, 5.41) is 0. The van der Waals surface area contributed by atoms with Crippen LogP contribution in [0.4, 0.5) is 0 Å². The van der Waals surface area contributed by atoms with Crippen molar-refractivity contribution >= 4 is 21.8 Å². The van der Waals surface area contributed by atoms with Gasteiger partial charge in [-0.1, -0.05) is 0 Å². The van der Waals surface area contributed by atoms with Crippen molar-refractivity contribution in [2.45, 2.75) is 19.5 Å². The topological polar surface area (TPSA) is 68.7 Å². The molecule has 1 saturated heterocycles. The molecule has 0 radical (unpaired) electrons. The number of furan rings is 1. The summed E-state index contributed by atoms with van der Waals surface area (Å²) in [6, 6.07) is 3.39. The molecule has 0 spiro atoms. The van der Waals surface area contributed by atoms with Crippen molar-refractivity contribution in [3.63, 3.8) is 0 Å².